The van der Waals surface area contributed by atoms with E-state index >= 15 is 0 Å². The number of aryl methyl sites for hydroxylation is 1. The first-order valence-electron chi connectivity index (χ1n) is 8.36. The van der Waals surface area contributed by atoms with E-state index in [4.69, 9.17) is 4.52 Å². The van der Waals surface area contributed by atoms with E-state index in [0.717, 1.165) is 12.8 Å². The van der Waals surface area contributed by atoms with Gasteiger partial charge in [-0.05, 0) is 36.6 Å². The van der Waals surface area contributed by atoms with Gasteiger partial charge in [0.05, 0.1) is 11.3 Å². The van der Waals surface area contributed by atoms with Gasteiger partial charge in [0.25, 0.3) is 0 Å². The fraction of sp³-hybridized carbons (Fsp3) is 0.667. The quantitative estimate of drug-likeness (QED) is 0.800. The standard InChI is InChI=1S/C15H22N6O2S/c1-3-12(14(22)16-13-9-10(2)23-18-13)24-15-17-19-20-21(15)11-7-5-4-6-8-11/h9,11-12H,3-8H2,1-2H3,(H,16,18,22)/t12-/m0/s1. The van der Waals surface area contributed by atoms with Gasteiger partial charge in [-0.3, -0.25) is 4.79 Å². The molecule has 1 atom stereocenters. The molecular formula is C15H22N6O2S. The van der Waals surface area contributed by atoms with Gasteiger partial charge in [0.2, 0.25) is 11.1 Å². The summed E-state index contributed by atoms with van der Waals surface area (Å²) in [5.41, 5.74) is 0. The first-order valence-corrected chi connectivity index (χ1v) is 9.24. The number of carbonyl (C=O) groups excluding carboxylic acids is 1. The summed E-state index contributed by atoms with van der Waals surface area (Å²) in [5, 5.41) is 19.1. The Bertz CT molecular complexity index is 679. The van der Waals surface area contributed by atoms with Crippen LogP contribution in [0.5, 0.6) is 0 Å². The molecule has 8 nitrogen and oxygen atoms in total. The van der Waals surface area contributed by atoms with Crippen molar-refractivity contribution in [3.8, 4) is 0 Å². The molecule has 0 unspecified atom stereocenters. The van der Waals surface area contributed by atoms with Crippen LogP contribution >= 0.6 is 11.8 Å². The normalized spacial score (nSPS) is 16.9. The Morgan fingerprint density at radius 3 is 2.92 bits per heavy atom. The topological polar surface area (TPSA) is 98.7 Å². The second-order valence-corrected chi connectivity index (χ2v) is 7.19. The Labute approximate surface area is 144 Å². The van der Waals surface area contributed by atoms with Crippen LogP contribution < -0.4 is 5.32 Å². The number of hydrogen-bond acceptors (Lipinski definition) is 7. The van der Waals surface area contributed by atoms with Crippen molar-refractivity contribution in [3.05, 3.63) is 11.8 Å². The second-order valence-electron chi connectivity index (χ2n) is 6.02. The number of anilines is 1. The maximum Gasteiger partial charge on any atom is 0.239 e. The van der Waals surface area contributed by atoms with Crippen LogP contribution in [0.4, 0.5) is 5.82 Å². The number of aromatic nitrogens is 5. The average molecular weight is 350 g/mol. The molecule has 2 aromatic heterocycles. The van der Waals surface area contributed by atoms with E-state index in [1.54, 1.807) is 13.0 Å². The summed E-state index contributed by atoms with van der Waals surface area (Å²) in [5.74, 6) is 0.977. The lowest BCUT2D eigenvalue weighted by Crippen LogP contribution is -2.25. The molecule has 1 amide bonds. The monoisotopic (exact) mass is 350 g/mol. The summed E-state index contributed by atoms with van der Waals surface area (Å²) in [6, 6.07) is 2.04. The van der Waals surface area contributed by atoms with Crippen LogP contribution in [0.3, 0.4) is 0 Å². The molecule has 0 saturated heterocycles. The Kier molecular flexibility index (Phi) is 5.49. The molecule has 130 valence electrons. The molecule has 0 aromatic carbocycles. The first kappa shape index (κ1) is 16.9. The van der Waals surface area contributed by atoms with Crippen LogP contribution in [0.15, 0.2) is 15.7 Å². The van der Waals surface area contributed by atoms with E-state index < -0.39 is 0 Å². The summed E-state index contributed by atoms with van der Waals surface area (Å²) < 4.78 is 6.86. The van der Waals surface area contributed by atoms with Gasteiger partial charge in [0.1, 0.15) is 5.76 Å². The molecule has 1 aliphatic rings. The minimum absolute atomic E-state index is 0.117. The lowest BCUT2D eigenvalue weighted by atomic mass is 9.96. The highest BCUT2D eigenvalue weighted by atomic mass is 32.2. The van der Waals surface area contributed by atoms with Crippen molar-refractivity contribution < 1.29 is 9.32 Å². The summed E-state index contributed by atoms with van der Waals surface area (Å²) >= 11 is 1.41. The molecule has 2 heterocycles. The fourth-order valence-corrected chi connectivity index (χ4v) is 3.86. The highest BCUT2D eigenvalue weighted by molar-refractivity contribution is 8.00. The largest absolute Gasteiger partial charge is 0.360 e. The van der Waals surface area contributed by atoms with Crippen LogP contribution in [-0.2, 0) is 4.79 Å². The number of hydrogen-bond donors (Lipinski definition) is 1. The Morgan fingerprint density at radius 2 is 2.25 bits per heavy atom. The number of thioether (sulfide) groups is 1. The lowest BCUT2D eigenvalue weighted by molar-refractivity contribution is -0.115. The molecule has 9 heteroatoms. The molecule has 1 saturated carbocycles. The van der Waals surface area contributed by atoms with E-state index in [9.17, 15) is 4.79 Å². The number of amides is 1. The number of rotatable bonds is 6. The van der Waals surface area contributed by atoms with Crippen molar-refractivity contribution >= 4 is 23.5 Å². The third-order valence-corrected chi connectivity index (χ3v) is 5.48. The first-order chi connectivity index (χ1) is 11.7. The number of tetrazole rings is 1. The predicted octanol–water partition coefficient (Wildman–Crippen LogP) is 2.98. The SMILES string of the molecule is CC[C@H](Sc1nnnn1C1CCCCC1)C(=O)Nc1cc(C)on1. The van der Waals surface area contributed by atoms with E-state index in [1.165, 1.54) is 31.0 Å². The van der Waals surface area contributed by atoms with Crippen LogP contribution in [-0.4, -0.2) is 36.5 Å². The molecular weight excluding hydrogens is 328 g/mol. The minimum atomic E-state index is -0.282. The Balaban J connectivity index is 1.66. The van der Waals surface area contributed by atoms with Crippen molar-refractivity contribution in [1.82, 2.24) is 25.4 Å². The zero-order chi connectivity index (χ0) is 16.9. The highest BCUT2D eigenvalue weighted by Crippen LogP contribution is 2.32. The molecule has 0 aliphatic heterocycles. The Hall–Kier alpha value is -1.90. The molecule has 3 rings (SSSR count). The summed E-state index contributed by atoms with van der Waals surface area (Å²) in [4.78, 5) is 12.5. The summed E-state index contributed by atoms with van der Waals surface area (Å²) in [6.07, 6.45) is 6.55. The number of nitrogens with one attached hydrogen (secondary N) is 1. The molecule has 1 aliphatic carbocycles. The van der Waals surface area contributed by atoms with Crippen molar-refractivity contribution in [1.29, 1.82) is 0 Å². The Morgan fingerprint density at radius 1 is 1.46 bits per heavy atom. The highest BCUT2D eigenvalue weighted by Gasteiger charge is 2.25. The molecule has 24 heavy (non-hydrogen) atoms. The smallest absolute Gasteiger partial charge is 0.239 e. The predicted molar refractivity (Wildman–Crippen MR) is 89.7 cm³/mol. The van der Waals surface area contributed by atoms with Crippen LogP contribution in [0.25, 0.3) is 0 Å². The summed E-state index contributed by atoms with van der Waals surface area (Å²) in [7, 11) is 0. The van der Waals surface area contributed by atoms with Crippen LogP contribution in [0.2, 0.25) is 0 Å². The van der Waals surface area contributed by atoms with E-state index in [0.29, 0.717) is 29.2 Å². The van der Waals surface area contributed by atoms with Gasteiger partial charge in [0.15, 0.2) is 5.82 Å². The number of nitrogens with zero attached hydrogens (tertiary/aromatic N) is 5. The van der Waals surface area contributed by atoms with Gasteiger partial charge < -0.3 is 9.84 Å². The van der Waals surface area contributed by atoms with Crippen LogP contribution in [0.1, 0.15) is 57.3 Å². The molecule has 0 radical (unpaired) electrons. The van der Waals surface area contributed by atoms with Gasteiger partial charge in [-0.15, -0.1) is 5.10 Å². The van der Waals surface area contributed by atoms with Crippen molar-refractivity contribution in [2.75, 3.05) is 5.32 Å². The van der Waals surface area contributed by atoms with Gasteiger partial charge in [-0.1, -0.05) is 43.1 Å². The van der Waals surface area contributed by atoms with Gasteiger partial charge in [0, 0.05) is 6.07 Å². The second kappa shape index (κ2) is 7.78. The van der Waals surface area contributed by atoms with E-state index in [2.05, 4.69) is 26.0 Å². The molecule has 2 aromatic rings. The summed E-state index contributed by atoms with van der Waals surface area (Å²) in [6.45, 7) is 3.76. The van der Waals surface area contributed by atoms with Gasteiger partial charge in [-0.25, -0.2) is 4.68 Å². The minimum Gasteiger partial charge on any atom is -0.360 e. The van der Waals surface area contributed by atoms with Crippen molar-refractivity contribution in [2.45, 2.75) is 68.8 Å². The van der Waals surface area contributed by atoms with Gasteiger partial charge >= 0.3 is 0 Å². The maximum atomic E-state index is 12.5. The third-order valence-electron chi connectivity index (χ3n) is 4.17. The average Bonchev–Trinajstić information content (AvgIpc) is 3.22. The number of carbonyl (C=O) groups is 1. The zero-order valence-corrected chi connectivity index (χ0v) is 14.8. The molecule has 0 spiro atoms. The van der Waals surface area contributed by atoms with E-state index in [-0.39, 0.29) is 11.2 Å². The maximum absolute atomic E-state index is 12.5. The van der Waals surface area contributed by atoms with E-state index in [1.807, 2.05) is 11.6 Å². The third kappa shape index (κ3) is 3.95. The molecule has 1 fully saturated rings. The van der Waals surface area contributed by atoms with Crippen molar-refractivity contribution in [2.24, 2.45) is 0 Å². The zero-order valence-electron chi connectivity index (χ0n) is 13.9. The molecule has 0 bridgehead atoms. The van der Waals surface area contributed by atoms with Gasteiger partial charge in [-0.2, -0.15) is 0 Å². The van der Waals surface area contributed by atoms with Crippen molar-refractivity contribution in [3.63, 3.8) is 0 Å². The lowest BCUT2D eigenvalue weighted by Gasteiger charge is -2.22. The fourth-order valence-electron chi connectivity index (χ4n) is 2.90. The molecule has 1 N–H and O–H groups in total. The van der Waals surface area contributed by atoms with Crippen LogP contribution in [0, 0.1) is 6.92 Å².